The first-order valence-electron chi connectivity index (χ1n) is 7.88. The molecule has 0 fully saturated rings. The van der Waals surface area contributed by atoms with Gasteiger partial charge in [-0.2, -0.15) is 0 Å². The highest BCUT2D eigenvalue weighted by Gasteiger charge is 2.07. The van der Waals surface area contributed by atoms with Crippen molar-refractivity contribution in [1.82, 2.24) is 0 Å². The SMILES string of the molecule is CC(C)(C)OO.CCCCCCCCCCCC(=O)O. The molecule has 0 aromatic rings. The fraction of sp³-hybridized carbons (Fsp3) is 0.938. The van der Waals surface area contributed by atoms with Gasteiger partial charge in [0.15, 0.2) is 0 Å². The van der Waals surface area contributed by atoms with E-state index in [1.807, 2.05) is 0 Å². The van der Waals surface area contributed by atoms with Crippen LogP contribution in [0.3, 0.4) is 0 Å². The van der Waals surface area contributed by atoms with Gasteiger partial charge in [0, 0.05) is 6.42 Å². The van der Waals surface area contributed by atoms with E-state index < -0.39 is 11.6 Å². The molecule has 0 aliphatic rings. The molecule has 0 aromatic heterocycles. The van der Waals surface area contributed by atoms with Crippen LogP contribution in [0.1, 0.15) is 91.9 Å². The maximum Gasteiger partial charge on any atom is 0.303 e. The van der Waals surface area contributed by atoms with Gasteiger partial charge in [-0.3, -0.25) is 10.1 Å². The zero-order chi connectivity index (χ0) is 15.9. The number of rotatable bonds is 10. The van der Waals surface area contributed by atoms with E-state index in [9.17, 15) is 4.79 Å². The minimum atomic E-state index is -0.659. The van der Waals surface area contributed by atoms with Gasteiger partial charge in [-0.25, -0.2) is 4.89 Å². The van der Waals surface area contributed by atoms with Crippen molar-refractivity contribution in [3.63, 3.8) is 0 Å². The maximum atomic E-state index is 10.2. The summed E-state index contributed by atoms with van der Waals surface area (Å²) in [6, 6.07) is 0. The molecule has 0 unspecified atom stereocenters. The molecule has 0 heterocycles. The van der Waals surface area contributed by atoms with Gasteiger partial charge >= 0.3 is 5.97 Å². The van der Waals surface area contributed by atoms with Crippen molar-refractivity contribution in [2.75, 3.05) is 0 Å². The second-order valence-electron chi connectivity index (χ2n) is 6.18. The van der Waals surface area contributed by atoms with Gasteiger partial charge < -0.3 is 5.11 Å². The first kappa shape index (κ1) is 21.7. The minimum Gasteiger partial charge on any atom is -0.481 e. The number of hydrogen-bond acceptors (Lipinski definition) is 3. The molecule has 122 valence electrons. The topological polar surface area (TPSA) is 66.8 Å². The molecule has 20 heavy (non-hydrogen) atoms. The molecule has 4 heteroatoms. The minimum absolute atomic E-state index is 0.343. The number of carboxylic acids is 1. The highest BCUT2D eigenvalue weighted by atomic mass is 17.1. The number of aliphatic carboxylic acids is 1. The van der Waals surface area contributed by atoms with Gasteiger partial charge in [0.2, 0.25) is 0 Å². The third-order valence-corrected chi connectivity index (χ3v) is 2.77. The zero-order valence-corrected chi connectivity index (χ0v) is 13.8. The first-order chi connectivity index (χ1) is 9.33. The second kappa shape index (κ2) is 14.8. The normalized spacial score (nSPS) is 10.8. The third kappa shape index (κ3) is 26.1. The Morgan fingerprint density at radius 1 is 0.900 bits per heavy atom. The highest BCUT2D eigenvalue weighted by molar-refractivity contribution is 5.66. The first-order valence-corrected chi connectivity index (χ1v) is 7.88. The molecular weight excluding hydrogens is 256 g/mol. The summed E-state index contributed by atoms with van der Waals surface area (Å²) in [6.07, 6.45) is 11.5. The quantitative estimate of drug-likeness (QED) is 0.327. The smallest absolute Gasteiger partial charge is 0.303 e. The lowest BCUT2D eigenvalue weighted by Gasteiger charge is -2.10. The summed E-state index contributed by atoms with van der Waals surface area (Å²) < 4.78 is 0. The number of carbonyl (C=O) groups is 1. The lowest BCUT2D eigenvalue weighted by atomic mass is 10.1. The number of hydrogen-bond donors (Lipinski definition) is 2. The van der Waals surface area contributed by atoms with Crippen LogP contribution in [0.25, 0.3) is 0 Å². The standard InChI is InChI=1S/C12H24O2.C4H10O2/c1-2-3-4-5-6-7-8-9-10-11-12(13)14;1-4(2,3)6-5/h2-11H2,1H3,(H,13,14);5H,1-3H3. The molecular formula is C16H34O4. The Labute approximate surface area is 124 Å². The highest BCUT2D eigenvalue weighted by Crippen LogP contribution is 2.10. The average molecular weight is 290 g/mol. The Morgan fingerprint density at radius 3 is 1.55 bits per heavy atom. The lowest BCUT2D eigenvalue weighted by Crippen LogP contribution is -2.15. The van der Waals surface area contributed by atoms with Crippen LogP contribution in [-0.4, -0.2) is 21.9 Å². The molecule has 0 radical (unpaired) electrons. The molecule has 0 atom stereocenters. The van der Waals surface area contributed by atoms with E-state index in [2.05, 4.69) is 11.8 Å². The molecule has 4 nitrogen and oxygen atoms in total. The number of unbranched alkanes of at least 4 members (excludes halogenated alkanes) is 8. The average Bonchev–Trinajstić information content (AvgIpc) is 2.36. The number of carboxylic acid groups (broad SMARTS) is 1. The Balaban J connectivity index is 0. The van der Waals surface area contributed by atoms with E-state index in [1.165, 1.54) is 44.9 Å². The zero-order valence-electron chi connectivity index (χ0n) is 13.8. The fourth-order valence-electron chi connectivity index (χ4n) is 1.59. The van der Waals surface area contributed by atoms with E-state index in [0.717, 1.165) is 12.8 Å². The summed E-state index contributed by atoms with van der Waals surface area (Å²) in [7, 11) is 0. The summed E-state index contributed by atoms with van der Waals surface area (Å²) in [6.45, 7) is 7.54. The largest absolute Gasteiger partial charge is 0.481 e. The molecule has 0 amide bonds. The second-order valence-corrected chi connectivity index (χ2v) is 6.18. The van der Waals surface area contributed by atoms with Crippen molar-refractivity contribution in [2.24, 2.45) is 0 Å². The monoisotopic (exact) mass is 290 g/mol. The van der Waals surface area contributed by atoms with Crippen molar-refractivity contribution in [3.05, 3.63) is 0 Å². The summed E-state index contributed by atoms with van der Waals surface area (Å²) in [5.74, 6) is -0.659. The molecule has 0 rings (SSSR count). The Bertz CT molecular complexity index is 209. The van der Waals surface area contributed by atoms with E-state index in [1.54, 1.807) is 20.8 Å². The van der Waals surface area contributed by atoms with Crippen LogP contribution in [0.4, 0.5) is 0 Å². The Hall–Kier alpha value is -0.610. The van der Waals surface area contributed by atoms with Crippen LogP contribution in [-0.2, 0) is 9.68 Å². The fourth-order valence-corrected chi connectivity index (χ4v) is 1.59. The van der Waals surface area contributed by atoms with Gasteiger partial charge in [-0.15, -0.1) is 0 Å². The van der Waals surface area contributed by atoms with Crippen LogP contribution in [0.15, 0.2) is 0 Å². The van der Waals surface area contributed by atoms with Crippen molar-refractivity contribution in [1.29, 1.82) is 0 Å². The van der Waals surface area contributed by atoms with Crippen molar-refractivity contribution in [2.45, 2.75) is 97.5 Å². The molecule has 0 saturated heterocycles. The molecule has 0 aliphatic carbocycles. The molecule has 0 saturated carbocycles. The van der Waals surface area contributed by atoms with E-state index in [0.29, 0.717) is 6.42 Å². The third-order valence-electron chi connectivity index (χ3n) is 2.77. The molecule has 0 spiro atoms. The van der Waals surface area contributed by atoms with Gasteiger partial charge in [-0.05, 0) is 27.2 Å². The van der Waals surface area contributed by atoms with Gasteiger partial charge in [-0.1, -0.05) is 58.3 Å². The van der Waals surface area contributed by atoms with Crippen LogP contribution in [0.2, 0.25) is 0 Å². The van der Waals surface area contributed by atoms with Crippen molar-refractivity contribution in [3.8, 4) is 0 Å². The molecule has 2 N–H and O–H groups in total. The van der Waals surface area contributed by atoms with E-state index in [4.69, 9.17) is 10.4 Å². The van der Waals surface area contributed by atoms with Gasteiger partial charge in [0.1, 0.15) is 0 Å². The summed E-state index contributed by atoms with van der Waals surface area (Å²) in [5.41, 5.74) is -0.403. The van der Waals surface area contributed by atoms with E-state index in [-0.39, 0.29) is 0 Å². The Morgan fingerprint density at radius 2 is 1.25 bits per heavy atom. The van der Waals surface area contributed by atoms with Gasteiger partial charge in [0.25, 0.3) is 0 Å². The molecule has 0 bridgehead atoms. The summed E-state index contributed by atoms with van der Waals surface area (Å²) in [5, 5.41) is 16.3. The predicted molar refractivity (Wildman–Crippen MR) is 82.9 cm³/mol. The van der Waals surface area contributed by atoms with Crippen LogP contribution < -0.4 is 0 Å². The van der Waals surface area contributed by atoms with Crippen molar-refractivity contribution < 1.29 is 20.0 Å². The van der Waals surface area contributed by atoms with Crippen molar-refractivity contribution >= 4 is 5.97 Å². The maximum absolute atomic E-state index is 10.2. The summed E-state index contributed by atoms with van der Waals surface area (Å²) >= 11 is 0. The van der Waals surface area contributed by atoms with E-state index >= 15 is 0 Å². The predicted octanol–water partition coefficient (Wildman–Crippen LogP) is 5.27. The van der Waals surface area contributed by atoms with Crippen LogP contribution in [0, 0.1) is 0 Å². The summed E-state index contributed by atoms with van der Waals surface area (Å²) in [4.78, 5) is 14.1. The molecule has 0 aliphatic heterocycles. The lowest BCUT2D eigenvalue weighted by molar-refractivity contribution is -0.306. The van der Waals surface area contributed by atoms with Crippen LogP contribution in [0.5, 0.6) is 0 Å². The Kier molecular flexibility index (Phi) is 16.0. The van der Waals surface area contributed by atoms with Crippen LogP contribution >= 0.6 is 0 Å². The van der Waals surface area contributed by atoms with Gasteiger partial charge in [0.05, 0.1) is 5.60 Å². The molecule has 0 aromatic carbocycles.